The molecule has 3 heterocycles. The van der Waals surface area contributed by atoms with Crippen LogP contribution in [0.2, 0.25) is 0 Å². The first-order valence-corrected chi connectivity index (χ1v) is 11.2. The molecule has 0 amide bonds. The fourth-order valence-corrected chi connectivity index (χ4v) is 6.21. The highest BCUT2D eigenvalue weighted by Gasteiger charge is 2.20. The summed E-state index contributed by atoms with van der Waals surface area (Å²) in [5.41, 5.74) is 3.72. The summed E-state index contributed by atoms with van der Waals surface area (Å²) in [6, 6.07) is 11.8. The number of ether oxygens (including phenoxy) is 1. The van der Waals surface area contributed by atoms with Crippen molar-refractivity contribution in [1.82, 2.24) is 9.72 Å². The SMILES string of the molecule is Cc1cc(-n2c(C)cc(C(=O)COc3ccc(C4SCCS4)cc3)c2C)no1. The zero-order chi connectivity index (χ0) is 19.7. The van der Waals surface area contributed by atoms with E-state index in [9.17, 15) is 4.79 Å². The summed E-state index contributed by atoms with van der Waals surface area (Å²) in [5.74, 6) is 4.49. The normalized spacial score (nSPS) is 14.5. The number of carbonyl (C=O) groups excluding carboxylic acids is 1. The van der Waals surface area contributed by atoms with E-state index in [0.29, 0.717) is 21.7 Å². The third-order valence-corrected chi connectivity index (χ3v) is 7.82. The lowest BCUT2D eigenvalue weighted by atomic mass is 10.1. The summed E-state index contributed by atoms with van der Waals surface area (Å²) < 4.78 is 13.4. The molecule has 0 radical (unpaired) electrons. The fraction of sp³-hybridized carbons (Fsp3) is 0.333. The second-order valence-electron chi connectivity index (χ2n) is 6.77. The van der Waals surface area contributed by atoms with Gasteiger partial charge in [0.1, 0.15) is 11.5 Å². The smallest absolute Gasteiger partial charge is 0.202 e. The van der Waals surface area contributed by atoms with E-state index in [1.165, 1.54) is 17.1 Å². The van der Waals surface area contributed by atoms with E-state index in [0.717, 1.165) is 17.1 Å². The van der Waals surface area contributed by atoms with Gasteiger partial charge in [0.25, 0.3) is 0 Å². The molecule has 0 unspecified atom stereocenters. The van der Waals surface area contributed by atoms with Gasteiger partial charge in [-0.1, -0.05) is 17.3 Å². The van der Waals surface area contributed by atoms with Crippen LogP contribution in [0, 0.1) is 20.8 Å². The second-order valence-corrected chi connectivity index (χ2v) is 9.49. The minimum absolute atomic E-state index is 0.00835. The number of benzene rings is 1. The zero-order valence-electron chi connectivity index (χ0n) is 16.1. The van der Waals surface area contributed by atoms with Crippen molar-refractivity contribution in [3.05, 3.63) is 64.7 Å². The van der Waals surface area contributed by atoms with Crippen LogP contribution in [-0.2, 0) is 0 Å². The molecular formula is C21H22N2O3S2. The molecule has 0 spiro atoms. The van der Waals surface area contributed by atoms with Crippen molar-refractivity contribution in [2.45, 2.75) is 25.4 Å². The summed E-state index contributed by atoms with van der Waals surface area (Å²) in [5, 5.41) is 4.06. The van der Waals surface area contributed by atoms with Crippen molar-refractivity contribution in [3.63, 3.8) is 0 Å². The van der Waals surface area contributed by atoms with Crippen LogP contribution in [-0.4, -0.2) is 33.6 Å². The number of nitrogens with zero attached hydrogens (tertiary/aromatic N) is 2. The third kappa shape index (κ3) is 3.86. The van der Waals surface area contributed by atoms with E-state index < -0.39 is 0 Å². The summed E-state index contributed by atoms with van der Waals surface area (Å²) >= 11 is 3.95. The van der Waals surface area contributed by atoms with E-state index in [1.807, 2.05) is 73.1 Å². The van der Waals surface area contributed by atoms with Crippen LogP contribution in [0.25, 0.3) is 5.82 Å². The maximum absolute atomic E-state index is 12.7. The second kappa shape index (κ2) is 8.09. The lowest BCUT2D eigenvalue weighted by Gasteiger charge is -2.10. The van der Waals surface area contributed by atoms with E-state index in [1.54, 1.807) is 0 Å². The average molecular weight is 415 g/mol. The number of aromatic nitrogens is 2. The van der Waals surface area contributed by atoms with Gasteiger partial charge in [-0.3, -0.25) is 9.36 Å². The van der Waals surface area contributed by atoms with Crippen molar-refractivity contribution in [1.29, 1.82) is 0 Å². The lowest BCUT2D eigenvalue weighted by Crippen LogP contribution is -2.12. The summed E-state index contributed by atoms with van der Waals surface area (Å²) in [6.45, 7) is 5.72. The Morgan fingerprint density at radius 2 is 1.89 bits per heavy atom. The van der Waals surface area contributed by atoms with Gasteiger partial charge < -0.3 is 9.26 Å². The Balaban J connectivity index is 1.44. The number of aryl methyl sites for hydroxylation is 2. The number of thioether (sulfide) groups is 2. The topological polar surface area (TPSA) is 57.3 Å². The van der Waals surface area contributed by atoms with Gasteiger partial charge >= 0.3 is 0 Å². The Labute approximate surface area is 172 Å². The number of hydrogen-bond donors (Lipinski definition) is 0. The maximum Gasteiger partial charge on any atom is 0.202 e. The summed E-state index contributed by atoms with van der Waals surface area (Å²) in [4.78, 5) is 12.7. The Morgan fingerprint density at radius 1 is 1.18 bits per heavy atom. The highest BCUT2D eigenvalue weighted by Crippen LogP contribution is 2.45. The standard InChI is InChI=1S/C21H22N2O3S2/c1-13-10-18(15(3)23(13)20-11-14(2)26-22-20)19(24)12-25-17-6-4-16(5-7-17)21-27-8-9-28-21/h4-7,10-11,21H,8-9,12H2,1-3H3. The van der Waals surface area contributed by atoms with Crippen molar-refractivity contribution in [2.75, 3.05) is 18.1 Å². The molecule has 28 heavy (non-hydrogen) atoms. The van der Waals surface area contributed by atoms with E-state index in [4.69, 9.17) is 9.26 Å². The predicted octanol–water partition coefficient (Wildman–Crippen LogP) is 5.13. The molecule has 1 aliphatic rings. The zero-order valence-corrected chi connectivity index (χ0v) is 17.7. The molecule has 1 saturated heterocycles. The molecular weight excluding hydrogens is 392 g/mol. The minimum Gasteiger partial charge on any atom is -0.485 e. The molecule has 1 fully saturated rings. The van der Waals surface area contributed by atoms with E-state index in [-0.39, 0.29) is 12.4 Å². The molecule has 3 aromatic rings. The molecule has 7 heteroatoms. The predicted molar refractivity (Wildman–Crippen MR) is 114 cm³/mol. The van der Waals surface area contributed by atoms with Gasteiger partial charge in [0, 0.05) is 34.5 Å². The Bertz CT molecular complexity index is 986. The first-order valence-electron chi connectivity index (χ1n) is 9.15. The van der Waals surface area contributed by atoms with Crippen LogP contribution >= 0.6 is 23.5 Å². The van der Waals surface area contributed by atoms with Crippen molar-refractivity contribution in [3.8, 4) is 11.6 Å². The first-order chi connectivity index (χ1) is 13.5. The Kier molecular flexibility index (Phi) is 5.55. The Morgan fingerprint density at radius 3 is 2.54 bits per heavy atom. The number of Topliss-reactive ketones (excluding diaryl/α,β-unsaturated/α-hetero) is 1. The van der Waals surface area contributed by atoms with Crippen LogP contribution in [0.3, 0.4) is 0 Å². The van der Waals surface area contributed by atoms with Crippen LogP contribution in [0.4, 0.5) is 0 Å². The molecule has 2 aromatic heterocycles. The van der Waals surface area contributed by atoms with Crippen molar-refractivity contribution in [2.24, 2.45) is 0 Å². The highest BCUT2D eigenvalue weighted by molar-refractivity contribution is 8.19. The van der Waals surface area contributed by atoms with Gasteiger partial charge in [-0.25, -0.2) is 0 Å². The lowest BCUT2D eigenvalue weighted by molar-refractivity contribution is 0.0921. The molecule has 0 N–H and O–H groups in total. The van der Waals surface area contributed by atoms with Gasteiger partial charge in [-0.2, -0.15) is 0 Å². The summed E-state index contributed by atoms with van der Waals surface area (Å²) in [6.07, 6.45) is 0. The van der Waals surface area contributed by atoms with Crippen LogP contribution in [0.1, 0.15) is 37.7 Å². The quantitative estimate of drug-likeness (QED) is 0.521. The molecule has 0 bridgehead atoms. The number of hydrogen-bond acceptors (Lipinski definition) is 6. The van der Waals surface area contributed by atoms with Crippen molar-refractivity contribution < 1.29 is 14.1 Å². The molecule has 0 saturated carbocycles. The molecule has 4 rings (SSSR count). The molecule has 0 aliphatic carbocycles. The monoisotopic (exact) mass is 414 g/mol. The largest absolute Gasteiger partial charge is 0.485 e. The van der Waals surface area contributed by atoms with E-state index in [2.05, 4.69) is 17.3 Å². The van der Waals surface area contributed by atoms with Gasteiger partial charge in [-0.15, -0.1) is 23.5 Å². The number of ketones is 1. The fourth-order valence-electron chi connectivity index (χ4n) is 3.35. The Hall–Kier alpha value is -2.12. The van der Waals surface area contributed by atoms with Crippen LogP contribution in [0.15, 0.2) is 40.9 Å². The van der Waals surface area contributed by atoms with Gasteiger partial charge in [0.2, 0.25) is 5.78 Å². The third-order valence-electron chi connectivity index (χ3n) is 4.72. The van der Waals surface area contributed by atoms with Crippen LogP contribution < -0.4 is 4.74 Å². The average Bonchev–Trinajstić information content (AvgIpc) is 3.42. The van der Waals surface area contributed by atoms with Crippen LogP contribution in [0.5, 0.6) is 5.75 Å². The molecule has 5 nitrogen and oxygen atoms in total. The number of carbonyl (C=O) groups is 1. The maximum atomic E-state index is 12.7. The molecule has 1 aliphatic heterocycles. The van der Waals surface area contributed by atoms with Crippen molar-refractivity contribution >= 4 is 29.3 Å². The molecule has 1 aromatic carbocycles. The van der Waals surface area contributed by atoms with Gasteiger partial charge in [-0.05, 0) is 44.5 Å². The van der Waals surface area contributed by atoms with Gasteiger partial charge in [0.05, 0.1) is 4.58 Å². The van der Waals surface area contributed by atoms with Gasteiger partial charge in [0.15, 0.2) is 12.4 Å². The molecule has 0 atom stereocenters. The first kappa shape index (κ1) is 19.2. The summed E-state index contributed by atoms with van der Waals surface area (Å²) in [7, 11) is 0. The minimum atomic E-state index is -0.0504. The highest BCUT2D eigenvalue weighted by atomic mass is 32.2. The molecule has 146 valence electrons. The van der Waals surface area contributed by atoms with E-state index >= 15 is 0 Å². The number of rotatable bonds is 6.